The Morgan fingerprint density at radius 2 is 1.44 bits per heavy atom. The van der Waals surface area contributed by atoms with E-state index in [9.17, 15) is 0 Å². The molecule has 0 saturated carbocycles. The Kier molecular flexibility index (Phi) is 4.55. The third-order valence-corrected chi connectivity index (χ3v) is 5.26. The lowest BCUT2D eigenvalue weighted by molar-refractivity contribution is 0.158. The second-order valence-electron chi connectivity index (χ2n) is 7.04. The summed E-state index contributed by atoms with van der Waals surface area (Å²) >= 11 is 0. The molecule has 4 rings (SSSR count). The van der Waals surface area contributed by atoms with Crippen LogP contribution in [0.1, 0.15) is 18.1 Å². The van der Waals surface area contributed by atoms with Gasteiger partial charge in [0.2, 0.25) is 0 Å². The van der Waals surface area contributed by atoms with Gasteiger partial charge in [0, 0.05) is 32.6 Å². The van der Waals surface area contributed by atoms with Crippen LogP contribution in [0.25, 0.3) is 0 Å². The van der Waals surface area contributed by atoms with Crippen molar-refractivity contribution in [3.63, 3.8) is 0 Å². The van der Waals surface area contributed by atoms with Crippen molar-refractivity contribution in [3.05, 3.63) is 59.7 Å². The van der Waals surface area contributed by atoms with Crippen LogP contribution in [0.2, 0.25) is 0 Å². The highest BCUT2D eigenvalue weighted by Crippen LogP contribution is 2.38. The van der Waals surface area contributed by atoms with Crippen molar-refractivity contribution in [2.24, 2.45) is 4.99 Å². The van der Waals surface area contributed by atoms with Gasteiger partial charge in [-0.25, -0.2) is 0 Å². The number of para-hydroxylation sites is 2. The maximum Gasteiger partial charge on any atom is 0.106 e. The summed E-state index contributed by atoms with van der Waals surface area (Å²) in [5.41, 5.74) is 5.27. The van der Waals surface area contributed by atoms with E-state index in [4.69, 9.17) is 4.99 Å². The van der Waals surface area contributed by atoms with Crippen LogP contribution < -0.4 is 4.90 Å². The molecule has 0 N–H and O–H groups in total. The number of aliphatic imine (C=N–C) groups is 1. The number of hydrogen-bond acceptors (Lipinski definition) is 3. The van der Waals surface area contributed by atoms with Crippen LogP contribution in [0.3, 0.4) is 0 Å². The van der Waals surface area contributed by atoms with Gasteiger partial charge in [-0.05, 0) is 37.2 Å². The third kappa shape index (κ3) is 3.32. The molecular formula is C21H26N4. The second kappa shape index (κ2) is 6.98. The van der Waals surface area contributed by atoms with E-state index in [1.54, 1.807) is 0 Å². The summed E-state index contributed by atoms with van der Waals surface area (Å²) in [5, 5.41) is 0. The molecule has 0 radical (unpaired) electrons. The molecule has 4 heteroatoms. The lowest BCUT2D eigenvalue weighted by Crippen LogP contribution is -2.44. The van der Waals surface area contributed by atoms with Crippen molar-refractivity contribution in [2.75, 3.05) is 44.8 Å². The van der Waals surface area contributed by atoms with Crippen LogP contribution in [-0.4, -0.2) is 55.5 Å². The molecule has 2 aliphatic heterocycles. The second-order valence-corrected chi connectivity index (χ2v) is 7.04. The minimum absolute atomic E-state index is 0.778. The molecule has 4 nitrogen and oxygen atoms in total. The van der Waals surface area contributed by atoms with Crippen molar-refractivity contribution >= 4 is 17.2 Å². The summed E-state index contributed by atoms with van der Waals surface area (Å²) in [6, 6.07) is 17.4. The predicted molar refractivity (Wildman–Crippen MR) is 105 cm³/mol. The fourth-order valence-corrected chi connectivity index (χ4v) is 3.70. The first kappa shape index (κ1) is 16.3. The molecule has 0 aromatic heterocycles. The Morgan fingerprint density at radius 1 is 0.880 bits per heavy atom. The standard InChI is InChI=1S/C21H26N4/c1-17(22-16-24-13-11-23(2)12-14-24)25-20-9-5-3-7-18(20)15-19-8-4-6-10-21(19)25/h3-10H,11-16H2,1-2H3/b22-17+. The van der Waals surface area contributed by atoms with Gasteiger partial charge < -0.3 is 4.90 Å². The number of amidine groups is 1. The fourth-order valence-electron chi connectivity index (χ4n) is 3.70. The summed E-state index contributed by atoms with van der Waals surface area (Å²) in [7, 11) is 2.19. The summed E-state index contributed by atoms with van der Waals surface area (Å²) in [6.07, 6.45) is 0.995. The van der Waals surface area contributed by atoms with Gasteiger partial charge in [0.05, 0.1) is 18.0 Å². The number of anilines is 2. The monoisotopic (exact) mass is 334 g/mol. The van der Waals surface area contributed by atoms with E-state index in [0.29, 0.717) is 0 Å². The normalized spacial score (nSPS) is 18.8. The highest BCUT2D eigenvalue weighted by Gasteiger charge is 2.24. The number of rotatable bonds is 2. The molecule has 0 amide bonds. The molecule has 130 valence electrons. The lowest BCUT2D eigenvalue weighted by Gasteiger charge is -2.34. The molecule has 0 aliphatic carbocycles. The largest absolute Gasteiger partial charge is 0.304 e. The first-order chi connectivity index (χ1) is 12.2. The molecule has 1 saturated heterocycles. The molecule has 2 aromatic rings. The van der Waals surface area contributed by atoms with Crippen LogP contribution >= 0.6 is 0 Å². The molecule has 2 aliphatic rings. The van der Waals surface area contributed by atoms with Crippen LogP contribution in [-0.2, 0) is 6.42 Å². The summed E-state index contributed by atoms with van der Waals surface area (Å²) in [4.78, 5) is 12.1. The van der Waals surface area contributed by atoms with Crippen molar-refractivity contribution in [1.82, 2.24) is 9.80 Å². The topological polar surface area (TPSA) is 22.1 Å². The highest BCUT2D eigenvalue weighted by atomic mass is 15.3. The molecule has 0 bridgehead atoms. The minimum Gasteiger partial charge on any atom is -0.304 e. The van der Waals surface area contributed by atoms with E-state index in [1.807, 2.05) is 0 Å². The van der Waals surface area contributed by atoms with E-state index < -0.39 is 0 Å². The zero-order chi connectivity index (χ0) is 17.2. The first-order valence-corrected chi connectivity index (χ1v) is 9.10. The number of likely N-dealkylation sites (N-methyl/N-ethyl adjacent to an activating group) is 1. The molecule has 0 unspecified atom stereocenters. The molecular weight excluding hydrogens is 308 g/mol. The van der Waals surface area contributed by atoms with E-state index in [0.717, 1.165) is 45.1 Å². The van der Waals surface area contributed by atoms with Gasteiger partial charge in [0.25, 0.3) is 0 Å². The first-order valence-electron chi connectivity index (χ1n) is 9.10. The molecule has 0 spiro atoms. The van der Waals surface area contributed by atoms with E-state index in [2.05, 4.69) is 77.2 Å². The maximum absolute atomic E-state index is 4.94. The van der Waals surface area contributed by atoms with Crippen molar-refractivity contribution in [1.29, 1.82) is 0 Å². The maximum atomic E-state index is 4.94. The molecule has 2 heterocycles. The highest BCUT2D eigenvalue weighted by molar-refractivity contribution is 6.05. The Balaban J connectivity index is 1.61. The molecule has 0 atom stereocenters. The van der Waals surface area contributed by atoms with Crippen molar-refractivity contribution in [2.45, 2.75) is 13.3 Å². The Hall–Kier alpha value is -2.17. The van der Waals surface area contributed by atoms with Gasteiger partial charge in [-0.3, -0.25) is 14.8 Å². The fraction of sp³-hybridized carbons (Fsp3) is 0.381. The van der Waals surface area contributed by atoms with Gasteiger partial charge >= 0.3 is 0 Å². The third-order valence-electron chi connectivity index (χ3n) is 5.26. The van der Waals surface area contributed by atoms with Crippen LogP contribution in [0, 0.1) is 0 Å². The molecule has 2 aromatic carbocycles. The Morgan fingerprint density at radius 3 is 2.04 bits per heavy atom. The summed E-state index contributed by atoms with van der Waals surface area (Å²) in [5.74, 6) is 1.07. The number of hydrogen-bond donors (Lipinski definition) is 0. The van der Waals surface area contributed by atoms with E-state index in [1.165, 1.54) is 22.5 Å². The number of nitrogens with zero attached hydrogens (tertiary/aromatic N) is 4. The number of fused-ring (bicyclic) bond motifs is 2. The Labute approximate surface area is 150 Å². The zero-order valence-electron chi connectivity index (χ0n) is 15.2. The van der Waals surface area contributed by atoms with E-state index in [-0.39, 0.29) is 0 Å². The van der Waals surface area contributed by atoms with Crippen molar-refractivity contribution in [3.8, 4) is 0 Å². The van der Waals surface area contributed by atoms with Gasteiger partial charge in [-0.15, -0.1) is 0 Å². The predicted octanol–water partition coefficient (Wildman–Crippen LogP) is 3.35. The van der Waals surface area contributed by atoms with Gasteiger partial charge in [0.15, 0.2) is 0 Å². The smallest absolute Gasteiger partial charge is 0.106 e. The zero-order valence-corrected chi connectivity index (χ0v) is 15.2. The quantitative estimate of drug-likeness (QED) is 0.621. The number of piperazine rings is 1. The van der Waals surface area contributed by atoms with Crippen LogP contribution in [0.15, 0.2) is 53.5 Å². The van der Waals surface area contributed by atoms with E-state index >= 15 is 0 Å². The van der Waals surface area contributed by atoms with Crippen LogP contribution in [0.4, 0.5) is 11.4 Å². The van der Waals surface area contributed by atoms with Gasteiger partial charge in [-0.2, -0.15) is 0 Å². The van der Waals surface area contributed by atoms with Gasteiger partial charge in [-0.1, -0.05) is 36.4 Å². The SMILES string of the molecule is C/C(=N\CN1CCN(C)CC1)N1c2ccccc2Cc2ccccc21. The van der Waals surface area contributed by atoms with Gasteiger partial charge in [0.1, 0.15) is 5.84 Å². The number of benzene rings is 2. The minimum atomic E-state index is 0.778. The van der Waals surface area contributed by atoms with Crippen molar-refractivity contribution < 1.29 is 0 Å². The molecule has 1 fully saturated rings. The average Bonchev–Trinajstić information content (AvgIpc) is 2.65. The average molecular weight is 334 g/mol. The lowest BCUT2D eigenvalue weighted by atomic mass is 9.95. The van der Waals surface area contributed by atoms with Crippen LogP contribution in [0.5, 0.6) is 0 Å². The molecule has 25 heavy (non-hydrogen) atoms. The summed E-state index contributed by atoms with van der Waals surface area (Å²) in [6.45, 7) is 7.37. The Bertz CT molecular complexity index is 729. The summed E-state index contributed by atoms with van der Waals surface area (Å²) < 4.78 is 0.